The standard InChI is InChI=1S/C11H12F3N3O/c1-18-5-4-15-8-2-3-16-10-9(8)7(6-17-10)11(12,13)14/h2-3,6H,4-5H2,1H3,(H2,15,16,17). The molecule has 2 aromatic rings. The average Bonchev–Trinajstić information content (AvgIpc) is 2.73. The highest BCUT2D eigenvalue weighted by Gasteiger charge is 2.34. The number of nitrogens with one attached hydrogen (secondary N) is 2. The van der Waals surface area contributed by atoms with Crippen molar-refractivity contribution in [1.82, 2.24) is 9.97 Å². The van der Waals surface area contributed by atoms with E-state index < -0.39 is 11.7 Å². The predicted molar refractivity (Wildman–Crippen MR) is 61.5 cm³/mol. The summed E-state index contributed by atoms with van der Waals surface area (Å²) in [7, 11) is 1.53. The average molecular weight is 259 g/mol. The lowest BCUT2D eigenvalue weighted by molar-refractivity contribution is -0.136. The van der Waals surface area contributed by atoms with E-state index in [0.29, 0.717) is 18.8 Å². The van der Waals surface area contributed by atoms with Crippen LogP contribution in [0, 0.1) is 0 Å². The van der Waals surface area contributed by atoms with Gasteiger partial charge in [-0.2, -0.15) is 13.2 Å². The minimum absolute atomic E-state index is 0.0566. The molecular weight excluding hydrogens is 247 g/mol. The van der Waals surface area contributed by atoms with Gasteiger partial charge in [-0.1, -0.05) is 0 Å². The Morgan fingerprint density at radius 3 is 2.89 bits per heavy atom. The lowest BCUT2D eigenvalue weighted by Crippen LogP contribution is -2.09. The van der Waals surface area contributed by atoms with E-state index >= 15 is 0 Å². The van der Waals surface area contributed by atoms with E-state index in [1.54, 1.807) is 0 Å². The molecule has 2 aromatic heterocycles. The van der Waals surface area contributed by atoms with Gasteiger partial charge in [0.2, 0.25) is 0 Å². The van der Waals surface area contributed by atoms with Gasteiger partial charge >= 0.3 is 6.18 Å². The maximum atomic E-state index is 12.8. The molecule has 18 heavy (non-hydrogen) atoms. The third kappa shape index (κ3) is 2.40. The van der Waals surface area contributed by atoms with Crippen molar-refractivity contribution < 1.29 is 17.9 Å². The Hall–Kier alpha value is -1.76. The zero-order valence-electron chi connectivity index (χ0n) is 9.64. The van der Waals surface area contributed by atoms with E-state index in [1.807, 2.05) is 0 Å². The number of hydrogen-bond acceptors (Lipinski definition) is 3. The number of methoxy groups -OCH3 is 1. The van der Waals surface area contributed by atoms with Crippen LogP contribution >= 0.6 is 0 Å². The number of aromatic nitrogens is 2. The number of halogens is 3. The SMILES string of the molecule is COCCNc1ccnc2[nH]cc(C(F)(F)F)c12. The maximum Gasteiger partial charge on any atom is 0.418 e. The fraction of sp³-hybridized carbons (Fsp3) is 0.364. The molecule has 0 radical (unpaired) electrons. The van der Waals surface area contributed by atoms with E-state index in [-0.39, 0.29) is 11.0 Å². The first kappa shape index (κ1) is 12.7. The van der Waals surface area contributed by atoms with Crippen LogP contribution in [0.4, 0.5) is 18.9 Å². The summed E-state index contributed by atoms with van der Waals surface area (Å²) in [5.41, 5.74) is -0.110. The van der Waals surface area contributed by atoms with Crippen LogP contribution in [0.1, 0.15) is 5.56 Å². The number of aromatic amines is 1. The molecule has 0 aliphatic rings. The zero-order chi connectivity index (χ0) is 13.2. The summed E-state index contributed by atoms with van der Waals surface area (Å²) >= 11 is 0. The van der Waals surface area contributed by atoms with Crippen LogP contribution in [0.15, 0.2) is 18.5 Å². The molecule has 4 nitrogen and oxygen atoms in total. The highest BCUT2D eigenvalue weighted by atomic mass is 19.4. The second-order valence-electron chi connectivity index (χ2n) is 3.70. The molecule has 98 valence electrons. The molecule has 2 rings (SSSR count). The Bertz CT molecular complexity index is 536. The molecule has 2 N–H and O–H groups in total. The second-order valence-corrected chi connectivity index (χ2v) is 3.70. The molecular formula is C11H12F3N3O. The first-order chi connectivity index (χ1) is 8.54. The summed E-state index contributed by atoms with van der Waals surface area (Å²) < 4.78 is 43.3. The Morgan fingerprint density at radius 2 is 2.22 bits per heavy atom. The summed E-state index contributed by atoms with van der Waals surface area (Å²) in [5, 5.41) is 2.96. The zero-order valence-corrected chi connectivity index (χ0v) is 9.64. The fourth-order valence-corrected chi connectivity index (χ4v) is 1.72. The van der Waals surface area contributed by atoms with Crippen molar-refractivity contribution in [3.05, 3.63) is 24.0 Å². The maximum absolute atomic E-state index is 12.8. The third-order valence-electron chi connectivity index (χ3n) is 2.50. The number of anilines is 1. The molecule has 0 unspecified atom stereocenters. The molecule has 0 saturated carbocycles. The minimum atomic E-state index is -4.40. The van der Waals surface area contributed by atoms with Gasteiger partial charge in [0.1, 0.15) is 5.65 Å². The number of alkyl halides is 3. The van der Waals surface area contributed by atoms with E-state index in [1.165, 1.54) is 19.4 Å². The molecule has 0 fully saturated rings. The summed E-state index contributed by atoms with van der Waals surface area (Å²) in [6.45, 7) is 0.841. The van der Waals surface area contributed by atoms with Crippen LogP contribution in [0.5, 0.6) is 0 Å². The summed E-state index contributed by atoms with van der Waals surface area (Å²) in [4.78, 5) is 6.40. The van der Waals surface area contributed by atoms with Crippen LogP contribution in [0.3, 0.4) is 0 Å². The first-order valence-corrected chi connectivity index (χ1v) is 5.30. The lowest BCUT2D eigenvalue weighted by atomic mass is 10.2. The van der Waals surface area contributed by atoms with Crippen LogP contribution < -0.4 is 5.32 Å². The smallest absolute Gasteiger partial charge is 0.383 e. The number of pyridine rings is 1. The molecule has 0 spiro atoms. The Morgan fingerprint density at radius 1 is 1.44 bits per heavy atom. The molecule has 0 saturated heterocycles. The van der Waals surface area contributed by atoms with Gasteiger partial charge in [0, 0.05) is 31.7 Å². The van der Waals surface area contributed by atoms with Gasteiger partial charge in [-0.15, -0.1) is 0 Å². The van der Waals surface area contributed by atoms with Crippen molar-refractivity contribution in [2.24, 2.45) is 0 Å². The number of fused-ring (bicyclic) bond motifs is 1. The van der Waals surface area contributed by atoms with Gasteiger partial charge in [-0.05, 0) is 6.07 Å². The first-order valence-electron chi connectivity index (χ1n) is 5.30. The molecule has 0 aliphatic carbocycles. The highest BCUT2D eigenvalue weighted by Crippen LogP contribution is 2.37. The minimum Gasteiger partial charge on any atom is -0.383 e. The predicted octanol–water partition coefficient (Wildman–Crippen LogP) is 2.64. The Kier molecular flexibility index (Phi) is 3.42. The summed E-state index contributed by atoms with van der Waals surface area (Å²) in [6, 6.07) is 1.51. The summed E-state index contributed by atoms with van der Waals surface area (Å²) in [6.07, 6.45) is -2.02. The highest BCUT2D eigenvalue weighted by molar-refractivity contribution is 5.92. The van der Waals surface area contributed by atoms with Gasteiger partial charge in [0.05, 0.1) is 17.6 Å². The third-order valence-corrected chi connectivity index (χ3v) is 2.50. The Labute approximate surface area is 101 Å². The molecule has 0 aliphatic heterocycles. The molecule has 7 heteroatoms. The van der Waals surface area contributed by atoms with Crippen molar-refractivity contribution in [2.75, 3.05) is 25.6 Å². The van der Waals surface area contributed by atoms with Crippen molar-refractivity contribution in [2.45, 2.75) is 6.18 Å². The van der Waals surface area contributed by atoms with Gasteiger partial charge in [-0.3, -0.25) is 0 Å². The van der Waals surface area contributed by atoms with E-state index in [4.69, 9.17) is 4.74 Å². The number of ether oxygens (including phenoxy) is 1. The number of rotatable bonds is 4. The monoisotopic (exact) mass is 259 g/mol. The van der Waals surface area contributed by atoms with E-state index in [0.717, 1.165) is 6.20 Å². The quantitative estimate of drug-likeness (QED) is 0.830. The van der Waals surface area contributed by atoms with Crippen LogP contribution in [0.2, 0.25) is 0 Å². The molecule has 0 aromatic carbocycles. The number of nitrogens with zero attached hydrogens (tertiary/aromatic N) is 1. The van der Waals surface area contributed by atoms with Gasteiger partial charge in [0.15, 0.2) is 0 Å². The molecule has 2 heterocycles. The van der Waals surface area contributed by atoms with Crippen LogP contribution in [0.25, 0.3) is 11.0 Å². The van der Waals surface area contributed by atoms with Crippen molar-refractivity contribution in [3.8, 4) is 0 Å². The Balaban J connectivity index is 2.42. The van der Waals surface area contributed by atoms with Gasteiger partial charge in [-0.25, -0.2) is 4.98 Å². The van der Waals surface area contributed by atoms with E-state index in [9.17, 15) is 13.2 Å². The summed E-state index contributed by atoms with van der Waals surface area (Å²) in [5.74, 6) is 0. The molecule has 0 amide bonds. The van der Waals surface area contributed by atoms with Crippen molar-refractivity contribution >= 4 is 16.7 Å². The largest absolute Gasteiger partial charge is 0.418 e. The van der Waals surface area contributed by atoms with Crippen LogP contribution in [-0.4, -0.2) is 30.2 Å². The van der Waals surface area contributed by atoms with Crippen LogP contribution in [-0.2, 0) is 10.9 Å². The lowest BCUT2D eigenvalue weighted by Gasteiger charge is -2.10. The number of hydrogen-bond donors (Lipinski definition) is 2. The van der Waals surface area contributed by atoms with E-state index in [2.05, 4.69) is 15.3 Å². The van der Waals surface area contributed by atoms with Gasteiger partial charge < -0.3 is 15.0 Å². The molecule has 0 atom stereocenters. The fourth-order valence-electron chi connectivity index (χ4n) is 1.72. The normalized spacial score (nSPS) is 12.0. The molecule has 0 bridgehead atoms. The van der Waals surface area contributed by atoms with Gasteiger partial charge in [0.25, 0.3) is 0 Å². The topological polar surface area (TPSA) is 49.9 Å². The van der Waals surface area contributed by atoms with Crippen molar-refractivity contribution in [1.29, 1.82) is 0 Å². The number of H-pyrrole nitrogens is 1. The second kappa shape index (κ2) is 4.85. The van der Waals surface area contributed by atoms with Crippen molar-refractivity contribution in [3.63, 3.8) is 0 Å².